The molecule has 1 fully saturated rings. The van der Waals surface area contributed by atoms with Crippen molar-refractivity contribution in [3.8, 4) is 0 Å². The van der Waals surface area contributed by atoms with E-state index < -0.39 is 66.2 Å². The van der Waals surface area contributed by atoms with Crippen LogP contribution in [0.4, 0.5) is 10.5 Å². The lowest BCUT2D eigenvalue weighted by Crippen LogP contribution is -2.60. The molecule has 2 aromatic carbocycles. The number of likely N-dealkylation sites (N-methyl/N-ethyl adjacent to an activating group) is 2. The van der Waals surface area contributed by atoms with Crippen LogP contribution in [0.1, 0.15) is 123 Å². The van der Waals surface area contributed by atoms with Crippen LogP contribution in [0, 0.1) is 29.6 Å². The van der Waals surface area contributed by atoms with Crippen molar-refractivity contribution in [3.05, 3.63) is 82.3 Å². The zero-order chi connectivity index (χ0) is 60.1. The average Bonchev–Trinajstić information content (AvgIpc) is 4.23. The monoisotopic (exact) mass is 1150 g/mol. The number of hydrogen-bond donors (Lipinski definition) is 7. The van der Waals surface area contributed by atoms with Crippen molar-refractivity contribution in [3.63, 3.8) is 0 Å². The van der Waals surface area contributed by atoms with Gasteiger partial charge in [0.15, 0.2) is 0 Å². The Labute approximate surface area is 485 Å². The van der Waals surface area contributed by atoms with E-state index in [0.29, 0.717) is 50.9 Å². The van der Waals surface area contributed by atoms with Crippen LogP contribution in [0.3, 0.4) is 0 Å². The molecule has 4 rings (SSSR count). The molecule has 8 amide bonds. The topological polar surface area (TPSA) is 273 Å². The number of aromatic nitrogens is 1. The standard InChI is InChI=1S/C60H95N11O9S/c1-14-39(8)52(47(79-12)35-48(72)71-31-19-23-46(71)53(80-13)40(9)54(73)67-45(58-63-30-33-81-58)34-42-20-16-15-17-21-42)70(11)59(77)50(37(4)5)68-57(76)51(38(6)7)69(10)32-28-41-24-26-43(27-25-41)65-55(74)44(22-18-29-64-60(62)78)66-56(75)49(61)36(2)3/h15-17,20-21,24-27,30,33,36-40,44-47,49-53H,14,18-19,22-23,28-29,31-32,34-35,61H2,1-13H3,(H,65,74)(H,66,75)(H,67,73)(H,68,76)(H3,62,64,78)/t39-,40+,44?,45-,46-,47+,49-,50-,51-,52-,53+/m0/s1. The van der Waals surface area contributed by atoms with Gasteiger partial charge >= 0.3 is 6.03 Å². The maximum absolute atomic E-state index is 14.8. The van der Waals surface area contributed by atoms with Crippen LogP contribution in [0.15, 0.2) is 66.2 Å². The van der Waals surface area contributed by atoms with Crippen LogP contribution < -0.4 is 38.1 Å². The second-order valence-electron chi connectivity index (χ2n) is 22.8. The number of amides is 8. The van der Waals surface area contributed by atoms with Crippen LogP contribution in [0.25, 0.3) is 0 Å². The van der Waals surface area contributed by atoms with Crippen LogP contribution >= 0.6 is 11.3 Å². The number of primary amides is 1. The largest absolute Gasteiger partial charge is 0.379 e. The van der Waals surface area contributed by atoms with Gasteiger partial charge < -0.3 is 57.3 Å². The number of methoxy groups -OCH3 is 2. The van der Waals surface area contributed by atoms with Crippen molar-refractivity contribution >= 4 is 58.5 Å². The fourth-order valence-corrected chi connectivity index (χ4v) is 11.5. The first kappa shape index (κ1) is 67.5. The zero-order valence-corrected chi connectivity index (χ0v) is 51.1. The molecule has 1 aromatic heterocycles. The first-order valence-corrected chi connectivity index (χ1v) is 29.7. The van der Waals surface area contributed by atoms with Gasteiger partial charge in [-0.2, -0.15) is 0 Å². The van der Waals surface area contributed by atoms with Crippen LogP contribution in [0.5, 0.6) is 0 Å². The van der Waals surface area contributed by atoms with E-state index >= 15 is 0 Å². The highest BCUT2D eigenvalue weighted by Crippen LogP contribution is 2.31. The minimum absolute atomic E-state index is 0.0106. The first-order chi connectivity index (χ1) is 38.4. The van der Waals surface area contributed by atoms with E-state index in [2.05, 4.69) is 31.6 Å². The van der Waals surface area contributed by atoms with E-state index in [9.17, 15) is 33.6 Å². The van der Waals surface area contributed by atoms with E-state index in [1.807, 2.05) is 127 Å². The molecule has 3 aromatic rings. The van der Waals surface area contributed by atoms with Gasteiger partial charge in [-0.1, -0.05) is 111 Å². The van der Waals surface area contributed by atoms with Crippen LogP contribution in [-0.2, 0) is 51.1 Å². The molecule has 450 valence electrons. The molecule has 0 aliphatic carbocycles. The number of carbonyl (C=O) groups excluding carboxylic acids is 7. The Morgan fingerprint density at radius 3 is 2.06 bits per heavy atom. The quantitative estimate of drug-likeness (QED) is 0.0364. The summed E-state index contributed by atoms with van der Waals surface area (Å²) in [6.45, 7) is 18.5. The van der Waals surface area contributed by atoms with Crippen molar-refractivity contribution in [1.29, 1.82) is 0 Å². The molecule has 11 atom stereocenters. The number of anilines is 1. The number of thiazole rings is 1. The second-order valence-corrected chi connectivity index (χ2v) is 23.7. The number of likely N-dealkylation sites (tertiary alicyclic amines) is 1. The normalized spacial score (nSPS) is 17.3. The molecule has 0 bridgehead atoms. The smallest absolute Gasteiger partial charge is 0.312 e. The number of urea groups is 1. The number of hydrogen-bond acceptors (Lipinski definition) is 13. The third kappa shape index (κ3) is 19.9. The molecule has 81 heavy (non-hydrogen) atoms. The highest BCUT2D eigenvalue weighted by Gasteiger charge is 2.44. The number of nitrogens with two attached hydrogens (primary N) is 2. The zero-order valence-electron chi connectivity index (χ0n) is 50.2. The number of nitrogens with one attached hydrogen (secondary N) is 5. The Hall–Kier alpha value is -6.00. The molecule has 1 saturated heterocycles. The molecule has 2 heterocycles. The Morgan fingerprint density at radius 2 is 1.49 bits per heavy atom. The summed E-state index contributed by atoms with van der Waals surface area (Å²) in [4.78, 5) is 105. The van der Waals surface area contributed by atoms with Crippen molar-refractivity contribution < 1.29 is 43.0 Å². The fourth-order valence-electron chi connectivity index (χ4n) is 10.8. The maximum Gasteiger partial charge on any atom is 0.312 e. The van der Waals surface area contributed by atoms with Gasteiger partial charge in [-0.25, -0.2) is 9.78 Å². The van der Waals surface area contributed by atoms with E-state index in [1.54, 1.807) is 44.5 Å². The summed E-state index contributed by atoms with van der Waals surface area (Å²) in [6, 6.07) is 12.2. The summed E-state index contributed by atoms with van der Waals surface area (Å²) in [7, 11) is 6.75. The number of rotatable bonds is 33. The molecule has 1 unspecified atom stereocenters. The van der Waals surface area contributed by atoms with E-state index in [-0.39, 0.29) is 78.8 Å². The number of ether oxygens (including phenoxy) is 2. The van der Waals surface area contributed by atoms with Gasteiger partial charge in [0, 0.05) is 58.2 Å². The maximum atomic E-state index is 14.8. The summed E-state index contributed by atoms with van der Waals surface area (Å²) in [6.07, 6.45) is 4.31. The molecular formula is C60H95N11O9S. The summed E-state index contributed by atoms with van der Waals surface area (Å²) in [5, 5.41) is 17.2. The molecule has 1 aliphatic rings. The van der Waals surface area contributed by atoms with E-state index in [1.165, 1.54) is 11.3 Å². The minimum Gasteiger partial charge on any atom is -0.379 e. The number of nitrogens with zero attached hydrogens (tertiary/aromatic N) is 4. The molecule has 1 aliphatic heterocycles. The lowest BCUT2D eigenvalue weighted by Gasteiger charge is -2.41. The first-order valence-electron chi connectivity index (χ1n) is 28.8. The summed E-state index contributed by atoms with van der Waals surface area (Å²) in [5.41, 5.74) is 13.8. The van der Waals surface area contributed by atoms with Crippen LogP contribution in [0.2, 0.25) is 0 Å². The van der Waals surface area contributed by atoms with Crippen molar-refractivity contribution in [2.75, 3.05) is 53.3 Å². The van der Waals surface area contributed by atoms with Crippen LogP contribution in [-0.4, -0.2) is 158 Å². The van der Waals surface area contributed by atoms with Crippen molar-refractivity contribution in [2.45, 2.75) is 168 Å². The molecule has 20 nitrogen and oxygen atoms in total. The summed E-state index contributed by atoms with van der Waals surface area (Å²) < 4.78 is 12.2. The van der Waals surface area contributed by atoms with Gasteiger partial charge in [0.1, 0.15) is 17.1 Å². The SMILES string of the molecule is CC[C@H](C)[C@@H]([C@@H](CC(=O)N1CCC[C@H]1[C@H](OC)[C@@H](C)C(=O)N[C@@H](Cc1ccccc1)c1nccs1)OC)N(C)C(=O)[C@@H](NC(=O)[C@H](C(C)C)N(C)CCc1ccc(NC(=O)C(CCCNC(N)=O)NC(=O)[C@@H](N)C(C)C)cc1)C(C)C. The van der Waals surface area contributed by atoms with Gasteiger partial charge in [0.25, 0.3) is 0 Å². The van der Waals surface area contributed by atoms with Gasteiger partial charge in [-0.05, 0) is 92.5 Å². The Kier molecular flexibility index (Phi) is 27.7. The fraction of sp³-hybridized carbons (Fsp3) is 0.633. The minimum atomic E-state index is -0.905. The Bertz CT molecular complexity index is 2450. The molecule has 0 saturated carbocycles. The van der Waals surface area contributed by atoms with Gasteiger partial charge in [-0.3, -0.25) is 33.7 Å². The van der Waals surface area contributed by atoms with E-state index in [4.69, 9.17) is 20.9 Å². The molecular weight excluding hydrogens is 1050 g/mol. The highest BCUT2D eigenvalue weighted by atomic mass is 32.1. The predicted molar refractivity (Wildman–Crippen MR) is 318 cm³/mol. The van der Waals surface area contributed by atoms with Gasteiger partial charge in [0.2, 0.25) is 35.4 Å². The Balaban J connectivity index is 1.41. The van der Waals surface area contributed by atoms with Crippen molar-refractivity contribution in [1.82, 2.24) is 41.0 Å². The molecule has 0 radical (unpaired) electrons. The average molecular weight is 1150 g/mol. The third-order valence-electron chi connectivity index (χ3n) is 15.8. The lowest BCUT2D eigenvalue weighted by atomic mass is 9.89. The lowest BCUT2D eigenvalue weighted by molar-refractivity contribution is -0.148. The van der Waals surface area contributed by atoms with Crippen molar-refractivity contribution in [2.24, 2.45) is 41.1 Å². The van der Waals surface area contributed by atoms with Gasteiger partial charge in [0.05, 0.1) is 54.8 Å². The molecule has 9 N–H and O–H groups in total. The van der Waals surface area contributed by atoms with Gasteiger partial charge in [-0.15, -0.1) is 11.3 Å². The molecule has 0 spiro atoms. The Morgan fingerprint density at radius 1 is 0.815 bits per heavy atom. The van der Waals surface area contributed by atoms with E-state index in [0.717, 1.165) is 22.6 Å². The summed E-state index contributed by atoms with van der Waals surface area (Å²) >= 11 is 1.49. The summed E-state index contributed by atoms with van der Waals surface area (Å²) in [5.74, 6) is -3.03. The highest BCUT2D eigenvalue weighted by molar-refractivity contribution is 7.09. The number of benzene rings is 2. The predicted octanol–water partition coefficient (Wildman–Crippen LogP) is 5.66. The molecule has 21 heteroatoms. The third-order valence-corrected chi connectivity index (χ3v) is 16.7. The number of carbonyl (C=O) groups is 7. The second kappa shape index (κ2) is 33.2.